The third-order valence-electron chi connectivity index (χ3n) is 5.67. The fourth-order valence-corrected chi connectivity index (χ4v) is 4.95. The SMILES string of the molecule is O=C(O)c1ccc2c(c1)C(=O)N(c1cccc(C(=O)Nc3cc(=O)n(-c4c(Cl)cc(Cl)cc4Cl)[nH]3)c1)C2=O. The highest BCUT2D eigenvalue weighted by Gasteiger charge is 2.37. The first-order valence-electron chi connectivity index (χ1n) is 10.7. The number of anilines is 2. The highest BCUT2D eigenvalue weighted by atomic mass is 35.5. The number of benzene rings is 3. The summed E-state index contributed by atoms with van der Waals surface area (Å²) in [5.41, 5.74) is -0.389. The largest absolute Gasteiger partial charge is 0.478 e. The van der Waals surface area contributed by atoms with Crippen LogP contribution in [0, 0.1) is 0 Å². The van der Waals surface area contributed by atoms with Crippen LogP contribution in [-0.2, 0) is 0 Å². The number of fused-ring (bicyclic) bond motifs is 1. The van der Waals surface area contributed by atoms with Crippen molar-refractivity contribution in [3.63, 3.8) is 0 Å². The minimum atomic E-state index is -1.24. The number of aromatic amines is 1. The number of carbonyl (C=O) groups is 4. The van der Waals surface area contributed by atoms with Gasteiger partial charge in [0.25, 0.3) is 23.3 Å². The normalized spacial score (nSPS) is 12.6. The Morgan fingerprint density at radius 2 is 1.50 bits per heavy atom. The van der Waals surface area contributed by atoms with Gasteiger partial charge in [0, 0.05) is 16.7 Å². The first-order valence-corrected chi connectivity index (χ1v) is 11.8. The lowest BCUT2D eigenvalue weighted by molar-refractivity contribution is 0.0696. The van der Waals surface area contributed by atoms with Gasteiger partial charge in [-0.3, -0.25) is 24.3 Å². The Hall–Kier alpha value is -4.38. The number of aromatic carboxylic acids is 1. The molecule has 38 heavy (non-hydrogen) atoms. The molecule has 1 aliphatic heterocycles. The van der Waals surface area contributed by atoms with Gasteiger partial charge in [-0.05, 0) is 48.5 Å². The number of nitrogens with zero attached hydrogens (tertiary/aromatic N) is 2. The second-order valence-corrected chi connectivity index (χ2v) is 9.33. The zero-order valence-electron chi connectivity index (χ0n) is 18.8. The lowest BCUT2D eigenvalue weighted by Gasteiger charge is -2.15. The third-order valence-corrected chi connectivity index (χ3v) is 6.47. The molecule has 0 saturated carbocycles. The number of hydrogen-bond acceptors (Lipinski definition) is 5. The molecule has 3 amide bonds. The number of amides is 3. The number of rotatable bonds is 5. The first kappa shape index (κ1) is 25.3. The smallest absolute Gasteiger partial charge is 0.335 e. The highest BCUT2D eigenvalue weighted by molar-refractivity contribution is 6.40. The summed E-state index contributed by atoms with van der Waals surface area (Å²) >= 11 is 18.3. The van der Waals surface area contributed by atoms with Gasteiger partial charge in [0.1, 0.15) is 11.5 Å². The number of carboxylic acids is 1. The molecule has 1 aliphatic rings. The van der Waals surface area contributed by atoms with E-state index in [2.05, 4.69) is 10.4 Å². The van der Waals surface area contributed by atoms with Crippen LogP contribution < -0.4 is 15.8 Å². The van der Waals surface area contributed by atoms with Gasteiger partial charge in [0.2, 0.25) is 0 Å². The molecule has 3 aromatic carbocycles. The molecule has 0 unspecified atom stereocenters. The molecule has 0 radical (unpaired) electrons. The van der Waals surface area contributed by atoms with Gasteiger partial charge in [-0.25, -0.2) is 14.4 Å². The first-order chi connectivity index (χ1) is 18.0. The van der Waals surface area contributed by atoms with E-state index >= 15 is 0 Å². The Bertz CT molecular complexity index is 1740. The predicted octanol–water partition coefficient (Wildman–Crippen LogP) is 4.88. The van der Waals surface area contributed by atoms with E-state index in [0.29, 0.717) is 0 Å². The minimum absolute atomic E-state index is 0.0226. The van der Waals surface area contributed by atoms with Gasteiger partial charge < -0.3 is 10.4 Å². The predicted molar refractivity (Wildman–Crippen MR) is 140 cm³/mol. The third kappa shape index (κ3) is 4.34. The maximum atomic E-state index is 13.0. The summed E-state index contributed by atoms with van der Waals surface area (Å²) in [6.45, 7) is 0. The molecule has 0 fully saturated rings. The van der Waals surface area contributed by atoms with Crippen molar-refractivity contribution in [3.05, 3.63) is 108 Å². The van der Waals surface area contributed by atoms with Gasteiger partial charge >= 0.3 is 5.97 Å². The molecule has 0 bridgehead atoms. The van der Waals surface area contributed by atoms with E-state index in [1.165, 1.54) is 48.5 Å². The van der Waals surface area contributed by atoms with E-state index in [9.17, 15) is 29.1 Å². The number of carboxylic acid groups (broad SMARTS) is 1. The molecule has 0 atom stereocenters. The van der Waals surface area contributed by atoms with E-state index in [4.69, 9.17) is 34.8 Å². The molecule has 10 nitrogen and oxygen atoms in total. The molecule has 0 aliphatic carbocycles. The summed E-state index contributed by atoms with van der Waals surface area (Å²) in [5.74, 6) is -3.24. The Balaban J connectivity index is 1.41. The summed E-state index contributed by atoms with van der Waals surface area (Å²) in [7, 11) is 0. The molecule has 1 aromatic heterocycles. The Morgan fingerprint density at radius 1 is 0.816 bits per heavy atom. The van der Waals surface area contributed by atoms with Crippen molar-refractivity contribution in [2.45, 2.75) is 0 Å². The molecule has 2 heterocycles. The summed E-state index contributed by atoms with van der Waals surface area (Å²) in [5, 5.41) is 14.9. The van der Waals surface area contributed by atoms with Gasteiger partial charge in [0.15, 0.2) is 0 Å². The lowest BCUT2D eigenvalue weighted by Crippen LogP contribution is -2.29. The van der Waals surface area contributed by atoms with E-state index in [-0.39, 0.29) is 54.5 Å². The summed E-state index contributed by atoms with van der Waals surface area (Å²) in [6, 6.07) is 13.3. The summed E-state index contributed by atoms with van der Waals surface area (Å²) < 4.78 is 1.04. The highest BCUT2D eigenvalue weighted by Crippen LogP contribution is 2.32. The van der Waals surface area contributed by atoms with Crippen molar-refractivity contribution in [2.24, 2.45) is 0 Å². The van der Waals surface area contributed by atoms with Crippen LogP contribution in [0.15, 0.2) is 65.5 Å². The zero-order valence-corrected chi connectivity index (χ0v) is 21.1. The zero-order chi connectivity index (χ0) is 27.3. The molecule has 0 spiro atoms. The van der Waals surface area contributed by atoms with Crippen LogP contribution in [0.1, 0.15) is 41.4 Å². The van der Waals surface area contributed by atoms with Crippen molar-refractivity contribution in [1.29, 1.82) is 0 Å². The van der Waals surface area contributed by atoms with Crippen LogP contribution in [0.4, 0.5) is 11.5 Å². The maximum Gasteiger partial charge on any atom is 0.335 e. The fraction of sp³-hybridized carbons (Fsp3) is 0. The van der Waals surface area contributed by atoms with Crippen molar-refractivity contribution < 1.29 is 24.3 Å². The van der Waals surface area contributed by atoms with Crippen LogP contribution in [-0.4, -0.2) is 38.6 Å². The van der Waals surface area contributed by atoms with E-state index < -0.39 is 29.3 Å². The summed E-state index contributed by atoms with van der Waals surface area (Å²) in [4.78, 5) is 63.4. The van der Waals surface area contributed by atoms with E-state index in [0.717, 1.165) is 21.7 Å². The molecular weight excluding hydrogens is 559 g/mol. The molecule has 5 rings (SSSR count). The molecular formula is C25H13Cl3N4O6. The second kappa shape index (κ2) is 9.49. The quantitative estimate of drug-likeness (QED) is 0.292. The van der Waals surface area contributed by atoms with E-state index in [1.54, 1.807) is 0 Å². The molecule has 0 saturated heterocycles. The van der Waals surface area contributed by atoms with Crippen LogP contribution in [0.25, 0.3) is 5.69 Å². The molecule has 13 heteroatoms. The molecule has 190 valence electrons. The van der Waals surface area contributed by atoms with Crippen molar-refractivity contribution >= 4 is 70.0 Å². The van der Waals surface area contributed by atoms with Crippen LogP contribution in [0.2, 0.25) is 15.1 Å². The standard InChI is InChI=1S/C25H13Cl3N4O6/c26-13-8-17(27)21(18(28)9-13)32-20(33)10-19(30-32)29-22(34)11-2-1-3-14(6-11)31-23(35)15-5-4-12(25(37)38)7-16(15)24(31)36/h1-10,30H,(H,29,34)(H,37,38). The van der Waals surface area contributed by atoms with Crippen LogP contribution in [0.3, 0.4) is 0 Å². The van der Waals surface area contributed by atoms with E-state index in [1.807, 2.05) is 0 Å². The number of carbonyl (C=O) groups excluding carboxylic acids is 3. The molecule has 3 N–H and O–H groups in total. The van der Waals surface area contributed by atoms with Gasteiger partial charge in [0.05, 0.1) is 32.4 Å². The van der Waals surface area contributed by atoms with Crippen molar-refractivity contribution in [3.8, 4) is 5.69 Å². The maximum absolute atomic E-state index is 13.0. The second-order valence-electron chi connectivity index (χ2n) is 8.08. The van der Waals surface area contributed by atoms with Crippen LogP contribution >= 0.6 is 34.8 Å². The van der Waals surface area contributed by atoms with Gasteiger partial charge in [-0.2, -0.15) is 0 Å². The van der Waals surface area contributed by atoms with Crippen molar-refractivity contribution in [2.75, 3.05) is 10.2 Å². The Kier molecular flexibility index (Phi) is 6.31. The average molecular weight is 572 g/mol. The number of aromatic nitrogens is 2. The topological polar surface area (TPSA) is 142 Å². The number of hydrogen-bond donors (Lipinski definition) is 3. The van der Waals surface area contributed by atoms with Crippen LogP contribution in [0.5, 0.6) is 0 Å². The number of nitrogens with one attached hydrogen (secondary N) is 2. The summed E-state index contributed by atoms with van der Waals surface area (Å²) in [6.07, 6.45) is 0. The monoisotopic (exact) mass is 570 g/mol. The fourth-order valence-electron chi connectivity index (χ4n) is 3.96. The molecule has 4 aromatic rings. The van der Waals surface area contributed by atoms with Gasteiger partial charge in [-0.15, -0.1) is 0 Å². The number of H-pyrrole nitrogens is 1. The van der Waals surface area contributed by atoms with Gasteiger partial charge in [-0.1, -0.05) is 40.9 Å². The minimum Gasteiger partial charge on any atom is -0.478 e. The average Bonchev–Trinajstić information content (AvgIpc) is 3.34. The Labute approximate surface area is 227 Å². The number of imide groups is 1. The Morgan fingerprint density at radius 3 is 2.18 bits per heavy atom. The lowest BCUT2D eigenvalue weighted by atomic mass is 10.1. The number of halogens is 3. The van der Waals surface area contributed by atoms with Crippen molar-refractivity contribution in [1.82, 2.24) is 9.78 Å².